The fourth-order valence-corrected chi connectivity index (χ4v) is 2.83. The van der Waals surface area contributed by atoms with Crippen molar-refractivity contribution in [3.63, 3.8) is 0 Å². The molecule has 2 aliphatic rings. The van der Waals surface area contributed by atoms with Crippen molar-refractivity contribution < 1.29 is 9.47 Å². The van der Waals surface area contributed by atoms with Gasteiger partial charge in [-0.1, -0.05) is 0 Å². The standard InChI is InChI=1S/C10H19NO2/c1-6-10(5)7(2)13-9(4)11(10)8(3)12-6/h6-9H,1-5H3. The smallest absolute Gasteiger partial charge is 0.110 e. The first-order chi connectivity index (χ1) is 5.98. The summed E-state index contributed by atoms with van der Waals surface area (Å²) < 4.78 is 11.6. The molecule has 0 radical (unpaired) electrons. The molecule has 76 valence electrons. The average molecular weight is 185 g/mol. The third-order valence-electron chi connectivity index (χ3n) is 3.79. The summed E-state index contributed by atoms with van der Waals surface area (Å²) >= 11 is 0. The maximum absolute atomic E-state index is 5.82. The summed E-state index contributed by atoms with van der Waals surface area (Å²) in [7, 11) is 0. The first-order valence-corrected chi connectivity index (χ1v) is 5.07. The fraction of sp³-hybridized carbons (Fsp3) is 1.00. The molecular weight excluding hydrogens is 166 g/mol. The summed E-state index contributed by atoms with van der Waals surface area (Å²) in [4.78, 5) is 2.34. The zero-order valence-electron chi connectivity index (χ0n) is 9.07. The van der Waals surface area contributed by atoms with E-state index in [0.29, 0.717) is 0 Å². The van der Waals surface area contributed by atoms with Gasteiger partial charge in [-0.3, -0.25) is 0 Å². The van der Waals surface area contributed by atoms with Crippen molar-refractivity contribution in [2.75, 3.05) is 0 Å². The molecule has 0 aliphatic carbocycles. The molecule has 0 aromatic rings. The predicted octanol–water partition coefficient (Wildman–Crippen LogP) is 1.58. The monoisotopic (exact) mass is 185 g/mol. The van der Waals surface area contributed by atoms with Gasteiger partial charge in [-0.2, -0.15) is 0 Å². The molecule has 0 N–H and O–H groups in total. The van der Waals surface area contributed by atoms with E-state index in [0.717, 1.165) is 0 Å². The van der Waals surface area contributed by atoms with E-state index in [1.165, 1.54) is 0 Å². The quantitative estimate of drug-likeness (QED) is 0.572. The molecule has 2 saturated heterocycles. The maximum atomic E-state index is 5.82. The highest BCUT2D eigenvalue weighted by Crippen LogP contribution is 2.43. The maximum Gasteiger partial charge on any atom is 0.110 e. The Morgan fingerprint density at radius 2 is 1.31 bits per heavy atom. The Balaban J connectivity index is 2.34. The Bertz CT molecular complexity index is 201. The molecule has 0 aromatic carbocycles. The van der Waals surface area contributed by atoms with Crippen LogP contribution in [0, 0.1) is 0 Å². The molecule has 2 rings (SSSR count). The number of fused-ring (bicyclic) bond motifs is 1. The third kappa shape index (κ3) is 1.01. The third-order valence-corrected chi connectivity index (χ3v) is 3.79. The Hall–Kier alpha value is -0.120. The molecule has 13 heavy (non-hydrogen) atoms. The van der Waals surface area contributed by atoms with E-state index in [-0.39, 0.29) is 30.2 Å². The van der Waals surface area contributed by atoms with Crippen LogP contribution in [0.25, 0.3) is 0 Å². The largest absolute Gasteiger partial charge is 0.358 e. The van der Waals surface area contributed by atoms with E-state index in [1.54, 1.807) is 0 Å². The van der Waals surface area contributed by atoms with Crippen LogP contribution in [0.3, 0.4) is 0 Å². The van der Waals surface area contributed by atoms with Crippen molar-refractivity contribution in [1.82, 2.24) is 4.90 Å². The van der Waals surface area contributed by atoms with Crippen molar-refractivity contribution in [1.29, 1.82) is 0 Å². The van der Waals surface area contributed by atoms with Crippen LogP contribution in [0.15, 0.2) is 0 Å². The normalized spacial score (nSPS) is 57.0. The Morgan fingerprint density at radius 1 is 0.923 bits per heavy atom. The Morgan fingerprint density at radius 3 is 1.62 bits per heavy atom. The molecule has 3 heteroatoms. The minimum atomic E-state index is 0.0544. The minimum absolute atomic E-state index is 0.0544. The van der Waals surface area contributed by atoms with Gasteiger partial charge in [-0.25, -0.2) is 4.90 Å². The van der Waals surface area contributed by atoms with Gasteiger partial charge in [-0.15, -0.1) is 0 Å². The van der Waals surface area contributed by atoms with E-state index >= 15 is 0 Å². The summed E-state index contributed by atoms with van der Waals surface area (Å²) in [6, 6.07) is 0. The molecular formula is C10H19NO2. The summed E-state index contributed by atoms with van der Waals surface area (Å²) in [5.74, 6) is 0. The number of nitrogens with zero attached hydrogens (tertiary/aromatic N) is 1. The predicted molar refractivity (Wildman–Crippen MR) is 50.3 cm³/mol. The lowest BCUT2D eigenvalue weighted by molar-refractivity contribution is -0.0663. The van der Waals surface area contributed by atoms with Gasteiger partial charge < -0.3 is 9.47 Å². The first-order valence-electron chi connectivity index (χ1n) is 5.07. The molecule has 0 bridgehead atoms. The number of rotatable bonds is 0. The first kappa shape index (κ1) is 9.44. The molecule has 0 saturated carbocycles. The fourth-order valence-electron chi connectivity index (χ4n) is 2.83. The van der Waals surface area contributed by atoms with E-state index < -0.39 is 0 Å². The van der Waals surface area contributed by atoms with Gasteiger partial charge in [0.1, 0.15) is 12.5 Å². The summed E-state index contributed by atoms with van der Waals surface area (Å²) in [5.41, 5.74) is 0.0544. The van der Waals surface area contributed by atoms with E-state index in [9.17, 15) is 0 Å². The van der Waals surface area contributed by atoms with Gasteiger partial charge in [0.05, 0.1) is 17.7 Å². The van der Waals surface area contributed by atoms with E-state index in [2.05, 4.69) is 39.5 Å². The van der Waals surface area contributed by atoms with Gasteiger partial charge >= 0.3 is 0 Å². The lowest BCUT2D eigenvalue weighted by Crippen LogP contribution is -2.50. The van der Waals surface area contributed by atoms with Crippen LogP contribution in [0.5, 0.6) is 0 Å². The number of hydrogen-bond donors (Lipinski definition) is 0. The molecule has 3 nitrogen and oxygen atoms in total. The van der Waals surface area contributed by atoms with Crippen molar-refractivity contribution in [3.05, 3.63) is 0 Å². The highest BCUT2D eigenvalue weighted by Gasteiger charge is 2.58. The molecule has 2 fully saturated rings. The van der Waals surface area contributed by atoms with Gasteiger partial charge in [0.15, 0.2) is 0 Å². The van der Waals surface area contributed by atoms with Crippen molar-refractivity contribution in [2.45, 2.75) is 64.8 Å². The minimum Gasteiger partial charge on any atom is -0.358 e. The van der Waals surface area contributed by atoms with Gasteiger partial charge in [0.2, 0.25) is 0 Å². The average Bonchev–Trinajstić information content (AvgIpc) is 2.36. The number of hydrogen-bond acceptors (Lipinski definition) is 3. The van der Waals surface area contributed by atoms with Crippen LogP contribution >= 0.6 is 0 Å². The van der Waals surface area contributed by atoms with Crippen molar-refractivity contribution >= 4 is 0 Å². The molecule has 0 amide bonds. The van der Waals surface area contributed by atoms with Crippen molar-refractivity contribution in [2.24, 2.45) is 0 Å². The van der Waals surface area contributed by atoms with Crippen LogP contribution < -0.4 is 0 Å². The van der Waals surface area contributed by atoms with Crippen LogP contribution in [-0.4, -0.2) is 35.1 Å². The van der Waals surface area contributed by atoms with Gasteiger partial charge in [-0.05, 0) is 34.6 Å². The van der Waals surface area contributed by atoms with Gasteiger partial charge in [0, 0.05) is 0 Å². The second kappa shape index (κ2) is 2.69. The summed E-state index contributed by atoms with van der Waals surface area (Å²) in [6.07, 6.45) is 0.866. The SMILES string of the molecule is CC1OC(C)C2(C)C(C)OC(C)N12. The summed E-state index contributed by atoms with van der Waals surface area (Å²) in [5, 5.41) is 0. The molecule has 2 aliphatic heterocycles. The molecule has 0 spiro atoms. The molecule has 2 heterocycles. The molecule has 4 atom stereocenters. The highest BCUT2D eigenvalue weighted by atomic mass is 16.6. The zero-order valence-corrected chi connectivity index (χ0v) is 9.07. The van der Waals surface area contributed by atoms with Crippen LogP contribution in [0.1, 0.15) is 34.6 Å². The second-order valence-electron chi connectivity index (χ2n) is 4.39. The lowest BCUT2D eigenvalue weighted by atomic mass is 9.90. The molecule has 0 aromatic heterocycles. The highest BCUT2D eigenvalue weighted by molar-refractivity contribution is 5.06. The topological polar surface area (TPSA) is 21.7 Å². The van der Waals surface area contributed by atoms with Crippen LogP contribution in [0.4, 0.5) is 0 Å². The van der Waals surface area contributed by atoms with Crippen LogP contribution in [-0.2, 0) is 9.47 Å². The summed E-state index contributed by atoms with van der Waals surface area (Å²) in [6.45, 7) is 10.7. The van der Waals surface area contributed by atoms with Crippen LogP contribution in [0.2, 0.25) is 0 Å². The lowest BCUT2D eigenvalue weighted by Gasteiger charge is -2.32. The zero-order chi connectivity index (χ0) is 9.80. The number of ether oxygens (including phenoxy) is 2. The molecule has 4 unspecified atom stereocenters. The van der Waals surface area contributed by atoms with E-state index in [4.69, 9.17) is 9.47 Å². The Labute approximate surface area is 80.0 Å². The van der Waals surface area contributed by atoms with Gasteiger partial charge in [0.25, 0.3) is 0 Å². The van der Waals surface area contributed by atoms with E-state index in [1.807, 2.05) is 0 Å². The second-order valence-corrected chi connectivity index (χ2v) is 4.39. The van der Waals surface area contributed by atoms with Crippen molar-refractivity contribution in [3.8, 4) is 0 Å². The Kier molecular flexibility index (Phi) is 1.95.